The zero-order valence-corrected chi connectivity index (χ0v) is 9.23. The number of carbonyl (C=O) groups excluding carboxylic acids is 1. The molecule has 0 unspecified atom stereocenters. The number of hydrogen-bond donors (Lipinski definition) is 2. The standard InChI is InChI=1S/C11H14N2O3/c1-12-11(15)7-13-6-8-5-9(16-2)3-4-10(8)14/h3-6,14H,7H2,1-2H3,(H,12,15). The summed E-state index contributed by atoms with van der Waals surface area (Å²) in [5.41, 5.74) is 0.517. The molecule has 0 heterocycles. The molecule has 0 aliphatic heterocycles. The molecule has 16 heavy (non-hydrogen) atoms. The van der Waals surface area contributed by atoms with Crippen LogP contribution in [-0.2, 0) is 4.79 Å². The largest absolute Gasteiger partial charge is 0.507 e. The molecule has 0 fully saturated rings. The number of amides is 1. The number of nitrogens with one attached hydrogen (secondary N) is 1. The van der Waals surface area contributed by atoms with Crippen molar-refractivity contribution in [2.24, 2.45) is 4.99 Å². The van der Waals surface area contributed by atoms with Gasteiger partial charge in [0.25, 0.3) is 0 Å². The van der Waals surface area contributed by atoms with Gasteiger partial charge in [0.2, 0.25) is 5.91 Å². The van der Waals surface area contributed by atoms with Crippen LogP contribution in [0.3, 0.4) is 0 Å². The molecular formula is C11H14N2O3. The van der Waals surface area contributed by atoms with E-state index < -0.39 is 0 Å². The van der Waals surface area contributed by atoms with Crippen molar-refractivity contribution in [3.05, 3.63) is 23.8 Å². The normalized spacial score (nSPS) is 10.4. The highest BCUT2D eigenvalue weighted by atomic mass is 16.5. The third-order valence-corrected chi connectivity index (χ3v) is 1.98. The number of phenolic OH excluding ortho intramolecular Hbond substituents is 1. The van der Waals surface area contributed by atoms with Gasteiger partial charge >= 0.3 is 0 Å². The number of phenols is 1. The lowest BCUT2D eigenvalue weighted by Crippen LogP contribution is -2.20. The molecule has 1 aromatic carbocycles. The Kier molecular flexibility index (Phi) is 4.32. The molecule has 0 saturated heterocycles. The summed E-state index contributed by atoms with van der Waals surface area (Å²) in [6.07, 6.45) is 1.44. The van der Waals surface area contributed by atoms with Gasteiger partial charge in [0.05, 0.1) is 7.11 Å². The van der Waals surface area contributed by atoms with E-state index in [1.807, 2.05) is 0 Å². The van der Waals surface area contributed by atoms with E-state index in [-0.39, 0.29) is 18.2 Å². The summed E-state index contributed by atoms with van der Waals surface area (Å²) in [6.45, 7) is 0.0349. The first-order valence-electron chi connectivity index (χ1n) is 4.74. The number of rotatable bonds is 4. The lowest BCUT2D eigenvalue weighted by Gasteiger charge is -2.02. The van der Waals surface area contributed by atoms with Gasteiger partial charge in [0.1, 0.15) is 18.0 Å². The minimum atomic E-state index is -0.182. The van der Waals surface area contributed by atoms with E-state index in [0.29, 0.717) is 11.3 Å². The van der Waals surface area contributed by atoms with Crippen LogP contribution in [-0.4, -0.2) is 37.9 Å². The number of hydrogen-bond acceptors (Lipinski definition) is 4. The number of aromatic hydroxyl groups is 1. The van der Waals surface area contributed by atoms with E-state index in [1.165, 1.54) is 19.4 Å². The molecule has 5 heteroatoms. The average molecular weight is 222 g/mol. The molecule has 0 bridgehead atoms. The van der Waals surface area contributed by atoms with Crippen molar-refractivity contribution in [1.82, 2.24) is 5.32 Å². The van der Waals surface area contributed by atoms with Gasteiger partial charge in [-0.3, -0.25) is 9.79 Å². The van der Waals surface area contributed by atoms with Crippen LogP contribution in [0.1, 0.15) is 5.56 Å². The molecule has 1 aromatic rings. The van der Waals surface area contributed by atoms with Crippen LogP contribution >= 0.6 is 0 Å². The molecule has 1 amide bonds. The first-order valence-corrected chi connectivity index (χ1v) is 4.74. The lowest BCUT2D eigenvalue weighted by atomic mass is 10.2. The third-order valence-electron chi connectivity index (χ3n) is 1.98. The molecule has 5 nitrogen and oxygen atoms in total. The molecular weight excluding hydrogens is 208 g/mol. The van der Waals surface area contributed by atoms with Gasteiger partial charge in [-0.15, -0.1) is 0 Å². The first-order chi connectivity index (χ1) is 7.67. The minimum Gasteiger partial charge on any atom is -0.507 e. The second kappa shape index (κ2) is 5.75. The molecule has 0 atom stereocenters. The molecule has 0 radical (unpaired) electrons. The summed E-state index contributed by atoms with van der Waals surface area (Å²) >= 11 is 0. The predicted octanol–water partition coefficient (Wildman–Crippen LogP) is 0.566. The van der Waals surface area contributed by atoms with Crippen molar-refractivity contribution in [2.45, 2.75) is 0 Å². The summed E-state index contributed by atoms with van der Waals surface area (Å²) in [5.74, 6) is 0.541. The fourth-order valence-corrected chi connectivity index (χ4v) is 1.07. The minimum absolute atomic E-state index is 0.0349. The van der Waals surface area contributed by atoms with Crippen molar-refractivity contribution in [3.8, 4) is 11.5 Å². The number of nitrogens with zero attached hydrogens (tertiary/aromatic N) is 1. The molecule has 86 valence electrons. The number of likely N-dealkylation sites (N-methyl/N-ethyl adjacent to an activating group) is 1. The molecule has 0 aliphatic carbocycles. The Bertz CT molecular complexity index is 402. The highest BCUT2D eigenvalue weighted by Gasteiger charge is 2.00. The zero-order valence-electron chi connectivity index (χ0n) is 9.23. The van der Waals surface area contributed by atoms with E-state index in [2.05, 4.69) is 10.3 Å². The van der Waals surface area contributed by atoms with Gasteiger partial charge in [-0.25, -0.2) is 0 Å². The Balaban J connectivity index is 2.75. The average Bonchev–Trinajstić information content (AvgIpc) is 2.31. The van der Waals surface area contributed by atoms with Crippen LogP contribution < -0.4 is 10.1 Å². The van der Waals surface area contributed by atoms with E-state index in [1.54, 1.807) is 19.2 Å². The van der Waals surface area contributed by atoms with Crippen molar-refractivity contribution in [1.29, 1.82) is 0 Å². The maximum atomic E-state index is 10.9. The number of benzene rings is 1. The zero-order chi connectivity index (χ0) is 12.0. The second-order valence-corrected chi connectivity index (χ2v) is 3.07. The molecule has 2 N–H and O–H groups in total. The number of ether oxygens (including phenoxy) is 1. The quantitative estimate of drug-likeness (QED) is 0.731. The monoisotopic (exact) mass is 222 g/mol. The van der Waals surface area contributed by atoms with E-state index in [4.69, 9.17) is 4.74 Å². The SMILES string of the molecule is CNC(=O)CN=Cc1cc(OC)ccc1O. The first kappa shape index (κ1) is 12.0. The highest BCUT2D eigenvalue weighted by Crippen LogP contribution is 2.20. The Morgan fingerprint density at radius 1 is 1.62 bits per heavy atom. The number of carbonyl (C=O) groups is 1. The van der Waals surface area contributed by atoms with Crippen LogP contribution in [0.15, 0.2) is 23.2 Å². The summed E-state index contributed by atoms with van der Waals surface area (Å²) in [7, 11) is 3.08. The summed E-state index contributed by atoms with van der Waals surface area (Å²) < 4.78 is 5.01. The molecule has 0 spiro atoms. The van der Waals surface area contributed by atoms with Gasteiger partial charge in [-0.2, -0.15) is 0 Å². The third kappa shape index (κ3) is 3.27. The Labute approximate surface area is 93.8 Å². The van der Waals surface area contributed by atoms with Crippen molar-refractivity contribution in [2.75, 3.05) is 20.7 Å². The highest BCUT2D eigenvalue weighted by molar-refractivity contribution is 5.86. The molecule has 0 saturated carbocycles. The smallest absolute Gasteiger partial charge is 0.241 e. The topological polar surface area (TPSA) is 70.9 Å². The Morgan fingerprint density at radius 3 is 3.00 bits per heavy atom. The lowest BCUT2D eigenvalue weighted by molar-refractivity contribution is -0.119. The maximum absolute atomic E-state index is 10.9. The van der Waals surface area contributed by atoms with Crippen LogP contribution in [0.2, 0.25) is 0 Å². The second-order valence-electron chi connectivity index (χ2n) is 3.07. The molecule has 0 aromatic heterocycles. The van der Waals surface area contributed by atoms with Crippen LogP contribution in [0, 0.1) is 0 Å². The van der Waals surface area contributed by atoms with Crippen molar-refractivity contribution in [3.63, 3.8) is 0 Å². The van der Waals surface area contributed by atoms with Gasteiger partial charge in [0.15, 0.2) is 0 Å². The maximum Gasteiger partial charge on any atom is 0.241 e. The Hall–Kier alpha value is -2.04. The van der Waals surface area contributed by atoms with E-state index in [9.17, 15) is 9.90 Å². The van der Waals surface area contributed by atoms with E-state index >= 15 is 0 Å². The predicted molar refractivity (Wildman–Crippen MR) is 61.2 cm³/mol. The van der Waals surface area contributed by atoms with Gasteiger partial charge < -0.3 is 15.2 Å². The van der Waals surface area contributed by atoms with Crippen molar-refractivity contribution >= 4 is 12.1 Å². The van der Waals surface area contributed by atoms with E-state index in [0.717, 1.165) is 0 Å². The van der Waals surface area contributed by atoms with Crippen molar-refractivity contribution < 1.29 is 14.6 Å². The Morgan fingerprint density at radius 2 is 2.38 bits per heavy atom. The van der Waals surface area contributed by atoms with Crippen LogP contribution in [0.25, 0.3) is 0 Å². The molecule has 0 aliphatic rings. The summed E-state index contributed by atoms with van der Waals surface area (Å²) in [4.78, 5) is 14.8. The number of aliphatic imine (C=N–C) groups is 1. The van der Waals surface area contributed by atoms with Gasteiger partial charge in [-0.05, 0) is 18.2 Å². The molecule has 1 rings (SSSR count). The fraction of sp³-hybridized carbons (Fsp3) is 0.273. The summed E-state index contributed by atoms with van der Waals surface area (Å²) in [6, 6.07) is 4.80. The summed E-state index contributed by atoms with van der Waals surface area (Å²) in [5, 5.41) is 12.0. The van der Waals surface area contributed by atoms with Gasteiger partial charge in [-0.1, -0.05) is 0 Å². The number of methoxy groups -OCH3 is 1. The van der Waals surface area contributed by atoms with Gasteiger partial charge in [0, 0.05) is 18.8 Å². The van der Waals surface area contributed by atoms with Crippen LogP contribution in [0.4, 0.5) is 0 Å². The van der Waals surface area contributed by atoms with Crippen LogP contribution in [0.5, 0.6) is 11.5 Å². The fourth-order valence-electron chi connectivity index (χ4n) is 1.07.